The molecular formula is C16H22N2O3. The van der Waals surface area contributed by atoms with Gasteiger partial charge in [0.2, 0.25) is 0 Å². The van der Waals surface area contributed by atoms with Crippen molar-refractivity contribution in [2.45, 2.75) is 13.3 Å². The maximum absolute atomic E-state index is 12.0. The van der Waals surface area contributed by atoms with Crippen LogP contribution >= 0.6 is 0 Å². The largest absolute Gasteiger partial charge is 0.484 e. The first-order chi connectivity index (χ1) is 10.1. The van der Waals surface area contributed by atoms with Crippen molar-refractivity contribution < 1.29 is 14.3 Å². The number of ketones is 1. The maximum Gasteiger partial charge on any atom is 0.260 e. The van der Waals surface area contributed by atoms with Gasteiger partial charge in [0.15, 0.2) is 12.4 Å². The van der Waals surface area contributed by atoms with Crippen LogP contribution < -0.4 is 4.74 Å². The van der Waals surface area contributed by atoms with Gasteiger partial charge in [-0.25, -0.2) is 0 Å². The molecule has 0 aromatic heterocycles. The van der Waals surface area contributed by atoms with Crippen LogP contribution in [0.1, 0.15) is 23.7 Å². The first-order valence-corrected chi connectivity index (χ1v) is 7.32. The summed E-state index contributed by atoms with van der Waals surface area (Å²) in [6.07, 6.45) is 0.488. The number of likely N-dealkylation sites (N-methyl/N-ethyl adjacent to an activating group) is 1. The van der Waals surface area contributed by atoms with Gasteiger partial charge < -0.3 is 14.5 Å². The molecule has 1 aromatic rings. The topological polar surface area (TPSA) is 49.9 Å². The summed E-state index contributed by atoms with van der Waals surface area (Å²) in [5.74, 6) is 0.733. The molecule has 1 heterocycles. The summed E-state index contributed by atoms with van der Waals surface area (Å²) in [5.41, 5.74) is 0.676. The number of benzene rings is 1. The molecule has 1 aromatic carbocycles. The van der Waals surface area contributed by atoms with Crippen LogP contribution in [0.4, 0.5) is 0 Å². The first-order valence-electron chi connectivity index (χ1n) is 7.32. The minimum absolute atomic E-state index is 0.0109. The minimum Gasteiger partial charge on any atom is -0.484 e. The van der Waals surface area contributed by atoms with Gasteiger partial charge in [0, 0.05) is 38.2 Å². The average Bonchev–Trinajstić information content (AvgIpc) is 2.53. The molecule has 1 fully saturated rings. The number of hydrogen-bond acceptors (Lipinski definition) is 4. The Morgan fingerprint density at radius 3 is 2.29 bits per heavy atom. The Labute approximate surface area is 125 Å². The smallest absolute Gasteiger partial charge is 0.260 e. The Bertz CT molecular complexity index is 491. The lowest BCUT2D eigenvalue weighted by molar-refractivity contribution is -0.134. The van der Waals surface area contributed by atoms with Crippen LogP contribution in [-0.2, 0) is 4.79 Å². The number of piperazine rings is 1. The van der Waals surface area contributed by atoms with Crippen LogP contribution in [0.15, 0.2) is 24.3 Å². The molecule has 0 N–H and O–H groups in total. The van der Waals surface area contributed by atoms with E-state index in [0.29, 0.717) is 17.7 Å². The minimum atomic E-state index is 0.0109. The van der Waals surface area contributed by atoms with Gasteiger partial charge in [-0.3, -0.25) is 9.59 Å². The van der Waals surface area contributed by atoms with Crippen molar-refractivity contribution in [3.8, 4) is 5.75 Å². The van der Waals surface area contributed by atoms with Crippen LogP contribution in [0.5, 0.6) is 5.75 Å². The molecule has 0 spiro atoms. The SMILES string of the molecule is CCC(=O)c1ccc(OCC(=O)N2CCN(C)CC2)cc1. The van der Waals surface area contributed by atoms with Gasteiger partial charge in [-0.1, -0.05) is 6.92 Å². The van der Waals surface area contributed by atoms with Gasteiger partial charge in [0.25, 0.3) is 5.91 Å². The molecule has 0 atom stereocenters. The summed E-state index contributed by atoms with van der Waals surface area (Å²) in [6, 6.07) is 6.95. The van der Waals surface area contributed by atoms with Crippen LogP contribution in [0.2, 0.25) is 0 Å². The fraction of sp³-hybridized carbons (Fsp3) is 0.500. The molecular weight excluding hydrogens is 268 g/mol. The number of amides is 1. The van der Waals surface area contributed by atoms with Gasteiger partial charge in [-0.15, -0.1) is 0 Å². The van der Waals surface area contributed by atoms with Gasteiger partial charge in [-0.2, -0.15) is 0 Å². The zero-order valence-electron chi connectivity index (χ0n) is 12.7. The van der Waals surface area contributed by atoms with Crippen molar-refractivity contribution in [2.75, 3.05) is 39.8 Å². The molecule has 114 valence electrons. The van der Waals surface area contributed by atoms with Crippen LogP contribution in [0.25, 0.3) is 0 Å². The zero-order valence-corrected chi connectivity index (χ0v) is 12.7. The maximum atomic E-state index is 12.0. The first kappa shape index (κ1) is 15.5. The summed E-state index contributed by atoms with van der Waals surface area (Å²) in [7, 11) is 2.05. The second-order valence-corrected chi connectivity index (χ2v) is 5.27. The number of carbonyl (C=O) groups excluding carboxylic acids is 2. The van der Waals surface area contributed by atoms with E-state index in [1.165, 1.54) is 0 Å². The Morgan fingerprint density at radius 1 is 1.10 bits per heavy atom. The van der Waals surface area contributed by atoms with E-state index in [-0.39, 0.29) is 18.3 Å². The van der Waals surface area contributed by atoms with E-state index in [2.05, 4.69) is 11.9 Å². The molecule has 1 amide bonds. The highest BCUT2D eigenvalue weighted by Gasteiger charge is 2.19. The fourth-order valence-electron chi connectivity index (χ4n) is 2.23. The van der Waals surface area contributed by atoms with E-state index in [4.69, 9.17) is 4.74 Å². The normalized spacial score (nSPS) is 15.8. The highest BCUT2D eigenvalue weighted by Crippen LogP contribution is 2.13. The molecule has 1 aliphatic rings. The van der Waals surface area contributed by atoms with Crippen LogP contribution in [0, 0.1) is 0 Å². The van der Waals surface area contributed by atoms with E-state index < -0.39 is 0 Å². The summed E-state index contributed by atoms with van der Waals surface area (Å²) in [4.78, 5) is 27.6. The third kappa shape index (κ3) is 4.29. The number of ether oxygens (including phenoxy) is 1. The monoisotopic (exact) mass is 290 g/mol. The number of carbonyl (C=O) groups is 2. The molecule has 21 heavy (non-hydrogen) atoms. The predicted octanol–water partition coefficient (Wildman–Crippen LogP) is 1.43. The van der Waals surface area contributed by atoms with Crippen LogP contribution in [0.3, 0.4) is 0 Å². The van der Waals surface area contributed by atoms with Gasteiger partial charge in [-0.05, 0) is 31.3 Å². The third-order valence-electron chi connectivity index (χ3n) is 3.72. The highest BCUT2D eigenvalue weighted by molar-refractivity contribution is 5.95. The fourth-order valence-corrected chi connectivity index (χ4v) is 2.23. The lowest BCUT2D eigenvalue weighted by Crippen LogP contribution is -2.48. The summed E-state index contributed by atoms with van der Waals surface area (Å²) in [5, 5.41) is 0. The Morgan fingerprint density at radius 2 is 1.71 bits per heavy atom. The molecule has 0 saturated carbocycles. The van der Waals surface area contributed by atoms with Crippen molar-refractivity contribution in [1.82, 2.24) is 9.80 Å². The second kappa shape index (κ2) is 7.22. The summed E-state index contributed by atoms with van der Waals surface area (Å²) < 4.78 is 5.50. The summed E-state index contributed by atoms with van der Waals surface area (Å²) >= 11 is 0. The van der Waals surface area contributed by atoms with Crippen LogP contribution in [-0.4, -0.2) is 61.3 Å². The lowest BCUT2D eigenvalue weighted by Gasteiger charge is -2.32. The average molecular weight is 290 g/mol. The number of rotatable bonds is 5. The standard InChI is InChI=1S/C16H22N2O3/c1-3-15(19)13-4-6-14(7-5-13)21-12-16(20)18-10-8-17(2)9-11-18/h4-7H,3,8-12H2,1-2H3. The quantitative estimate of drug-likeness (QED) is 0.770. The van der Waals surface area contributed by atoms with E-state index in [0.717, 1.165) is 26.2 Å². The van der Waals surface area contributed by atoms with Gasteiger partial charge in [0.05, 0.1) is 0 Å². The number of hydrogen-bond donors (Lipinski definition) is 0. The number of nitrogens with zero attached hydrogens (tertiary/aromatic N) is 2. The zero-order chi connectivity index (χ0) is 15.2. The molecule has 0 unspecified atom stereocenters. The second-order valence-electron chi connectivity index (χ2n) is 5.27. The predicted molar refractivity (Wildman–Crippen MR) is 80.6 cm³/mol. The molecule has 0 bridgehead atoms. The van der Waals surface area contributed by atoms with Crippen molar-refractivity contribution >= 4 is 11.7 Å². The molecule has 1 aliphatic heterocycles. The third-order valence-corrected chi connectivity index (χ3v) is 3.72. The molecule has 5 heteroatoms. The van der Waals surface area contributed by atoms with Crippen molar-refractivity contribution in [3.05, 3.63) is 29.8 Å². The highest BCUT2D eigenvalue weighted by atomic mass is 16.5. The number of Topliss-reactive ketones (excluding diaryl/α,β-unsaturated/α-hetero) is 1. The van der Waals surface area contributed by atoms with E-state index >= 15 is 0 Å². The summed E-state index contributed by atoms with van der Waals surface area (Å²) in [6.45, 7) is 5.19. The molecule has 0 aliphatic carbocycles. The molecule has 5 nitrogen and oxygen atoms in total. The lowest BCUT2D eigenvalue weighted by atomic mass is 10.1. The Balaban J connectivity index is 1.82. The molecule has 0 radical (unpaired) electrons. The van der Waals surface area contributed by atoms with Crippen molar-refractivity contribution in [1.29, 1.82) is 0 Å². The molecule has 1 saturated heterocycles. The Hall–Kier alpha value is -1.88. The van der Waals surface area contributed by atoms with E-state index in [9.17, 15) is 9.59 Å². The van der Waals surface area contributed by atoms with Gasteiger partial charge >= 0.3 is 0 Å². The van der Waals surface area contributed by atoms with Crippen molar-refractivity contribution in [2.24, 2.45) is 0 Å². The van der Waals surface area contributed by atoms with Crippen molar-refractivity contribution in [3.63, 3.8) is 0 Å². The van der Waals surface area contributed by atoms with E-state index in [1.54, 1.807) is 24.3 Å². The van der Waals surface area contributed by atoms with E-state index in [1.807, 2.05) is 11.8 Å². The Kier molecular flexibility index (Phi) is 5.33. The van der Waals surface area contributed by atoms with Gasteiger partial charge in [0.1, 0.15) is 5.75 Å². The molecule has 2 rings (SSSR count).